The van der Waals surface area contributed by atoms with Gasteiger partial charge in [0.2, 0.25) is 5.91 Å². The van der Waals surface area contributed by atoms with E-state index in [9.17, 15) is 9.00 Å². The van der Waals surface area contributed by atoms with Crippen molar-refractivity contribution in [2.75, 3.05) is 23.3 Å². The van der Waals surface area contributed by atoms with Gasteiger partial charge >= 0.3 is 0 Å². The number of benzene rings is 2. The van der Waals surface area contributed by atoms with Crippen molar-refractivity contribution >= 4 is 39.3 Å². The highest BCUT2D eigenvalue weighted by Crippen LogP contribution is 2.30. The molecular formula is C26H36N4O3S. The van der Waals surface area contributed by atoms with Crippen LogP contribution < -0.4 is 10.0 Å². The van der Waals surface area contributed by atoms with Gasteiger partial charge in [-0.05, 0) is 48.9 Å². The molecule has 3 aromatic rings. The molecular weight excluding hydrogens is 448 g/mol. The van der Waals surface area contributed by atoms with Gasteiger partial charge in [-0.1, -0.05) is 34.6 Å². The Hall–Kier alpha value is -2.71. The number of fused-ring (bicyclic) bond motifs is 1. The number of anilines is 2. The van der Waals surface area contributed by atoms with Gasteiger partial charge in [-0.3, -0.25) is 4.79 Å². The van der Waals surface area contributed by atoms with Crippen molar-refractivity contribution in [1.82, 2.24) is 9.55 Å². The maximum atomic E-state index is 12.8. The average Bonchev–Trinajstić information content (AvgIpc) is 3.43. The number of hydrogen-bond acceptors (Lipinski definition) is 4. The molecule has 2 unspecified atom stereocenters. The summed E-state index contributed by atoms with van der Waals surface area (Å²) in [6.07, 6.45) is 1.07. The van der Waals surface area contributed by atoms with Crippen LogP contribution in [0.4, 0.5) is 11.4 Å². The maximum absolute atomic E-state index is 12.8. The Morgan fingerprint density at radius 1 is 1.15 bits per heavy atom. The van der Waals surface area contributed by atoms with Crippen LogP contribution in [0.3, 0.4) is 0 Å². The van der Waals surface area contributed by atoms with E-state index in [2.05, 4.69) is 35.4 Å². The highest BCUT2D eigenvalue weighted by Gasteiger charge is 2.26. The van der Waals surface area contributed by atoms with Gasteiger partial charge < -0.3 is 19.3 Å². The SMILES string of the molecule is CC.CC(=O)Nc1ccc(S(=O)Nc2ccc3c(c2)nc(C(C)(C)C)n3CC2CCOC2)cc1. The lowest BCUT2D eigenvalue weighted by atomic mass is 9.95. The van der Waals surface area contributed by atoms with Crippen molar-refractivity contribution < 1.29 is 13.7 Å². The van der Waals surface area contributed by atoms with Crippen molar-refractivity contribution in [2.24, 2.45) is 5.92 Å². The Bertz CT molecular complexity index is 1140. The fourth-order valence-electron chi connectivity index (χ4n) is 3.97. The van der Waals surface area contributed by atoms with Crippen LogP contribution >= 0.6 is 0 Å². The van der Waals surface area contributed by atoms with Crippen LogP contribution in [0.1, 0.15) is 53.8 Å². The fraction of sp³-hybridized carbons (Fsp3) is 0.462. The van der Waals surface area contributed by atoms with E-state index in [1.807, 2.05) is 32.0 Å². The predicted molar refractivity (Wildman–Crippen MR) is 139 cm³/mol. The third kappa shape index (κ3) is 6.24. The third-order valence-electron chi connectivity index (χ3n) is 5.48. The number of amides is 1. The molecule has 34 heavy (non-hydrogen) atoms. The summed E-state index contributed by atoms with van der Waals surface area (Å²) in [4.78, 5) is 16.7. The number of carbonyl (C=O) groups excluding carboxylic acids is 1. The second-order valence-corrected chi connectivity index (χ2v) is 10.5. The number of nitrogens with one attached hydrogen (secondary N) is 2. The topological polar surface area (TPSA) is 85.3 Å². The molecule has 184 valence electrons. The Kier molecular flexibility index (Phi) is 8.49. The summed E-state index contributed by atoms with van der Waals surface area (Å²) in [5, 5.41) is 2.71. The Labute approximate surface area is 204 Å². The molecule has 1 aliphatic rings. The molecule has 2 heterocycles. The molecule has 0 radical (unpaired) electrons. The number of ether oxygens (including phenoxy) is 1. The van der Waals surface area contributed by atoms with Crippen LogP contribution in [0.25, 0.3) is 11.0 Å². The summed E-state index contributed by atoms with van der Waals surface area (Å²) >= 11 is 0. The van der Waals surface area contributed by atoms with Crippen LogP contribution in [0.15, 0.2) is 47.4 Å². The molecule has 2 aromatic carbocycles. The van der Waals surface area contributed by atoms with Gasteiger partial charge in [0.1, 0.15) is 16.8 Å². The quantitative estimate of drug-likeness (QED) is 0.484. The molecule has 0 aliphatic carbocycles. The minimum Gasteiger partial charge on any atom is -0.381 e. The first-order chi connectivity index (χ1) is 16.2. The number of rotatable bonds is 6. The van der Waals surface area contributed by atoms with E-state index in [-0.39, 0.29) is 11.3 Å². The van der Waals surface area contributed by atoms with Gasteiger partial charge in [0.25, 0.3) is 0 Å². The normalized spacial score (nSPS) is 16.6. The summed E-state index contributed by atoms with van der Waals surface area (Å²) in [6, 6.07) is 12.9. The van der Waals surface area contributed by atoms with E-state index in [0.29, 0.717) is 16.5 Å². The summed E-state index contributed by atoms with van der Waals surface area (Å²) in [6.45, 7) is 14.5. The number of carbonyl (C=O) groups is 1. The molecule has 0 saturated carbocycles. The molecule has 7 nitrogen and oxygen atoms in total. The first-order valence-corrected chi connectivity index (χ1v) is 13.0. The fourth-order valence-corrected chi connectivity index (χ4v) is 4.81. The second-order valence-electron chi connectivity index (χ2n) is 9.31. The van der Waals surface area contributed by atoms with E-state index < -0.39 is 11.0 Å². The summed E-state index contributed by atoms with van der Waals surface area (Å²) < 4.78 is 23.8. The zero-order valence-corrected chi connectivity index (χ0v) is 21.8. The van der Waals surface area contributed by atoms with Gasteiger partial charge in [0.05, 0.1) is 22.5 Å². The number of hydrogen-bond donors (Lipinski definition) is 2. The molecule has 1 aromatic heterocycles. The van der Waals surface area contributed by atoms with Crippen LogP contribution in [0, 0.1) is 5.92 Å². The maximum Gasteiger partial charge on any atom is 0.221 e. The molecule has 2 atom stereocenters. The molecule has 0 spiro atoms. The highest BCUT2D eigenvalue weighted by atomic mass is 32.2. The Morgan fingerprint density at radius 2 is 1.82 bits per heavy atom. The number of nitrogens with zero attached hydrogens (tertiary/aromatic N) is 2. The second kappa shape index (κ2) is 11.1. The summed E-state index contributed by atoms with van der Waals surface area (Å²) in [7, 11) is -1.43. The summed E-state index contributed by atoms with van der Waals surface area (Å²) in [5.41, 5.74) is 3.29. The molecule has 1 fully saturated rings. The molecule has 1 saturated heterocycles. The lowest BCUT2D eigenvalue weighted by molar-refractivity contribution is -0.114. The first kappa shape index (κ1) is 25.9. The molecule has 1 amide bonds. The van der Waals surface area contributed by atoms with Gasteiger partial charge in [0, 0.05) is 42.8 Å². The molecule has 8 heteroatoms. The zero-order chi connectivity index (χ0) is 24.9. The van der Waals surface area contributed by atoms with Gasteiger partial charge in [-0.15, -0.1) is 0 Å². The lowest BCUT2D eigenvalue weighted by Gasteiger charge is -2.21. The number of aromatic nitrogens is 2. The predicted octanol–water partition coefficient (Wildman–Crippen LogP) is 5.49. The lowest BCUT2D eigenvalue weighted by Crippen LogP contribution is -2.22. The molecule has 2 N–H and O–H groups in total. The Morgan fingerprint density at radius 3 is 2.41 bits per heavy atom. The van der Waals surface area contributed by atoms with Crippen LogP contribution in [0.2, 0.25) is 0 Å². The monoisotopic (exact) mass is 484 g/mol. The largest absolute Gasteiger partial charge is 0.381 e. The molecule has 0 bridgehead atoms. The van der Waals surface area contributed by atoms with E-state index in [1.54, 1.807) is 24.3 Å². The first-order valence-electron chi connectivity index (χ1n) is 11.9. The van der Waals surface area contributed by atoms with Crippen LogP contribution in [0.5, 0.6) is 0 Å². The minimum atomic E-state index is -1.43. The van der Waals surface area contributed by atoms with Gasteiger partial charge in [-0.2, -0.15) is 0 Å². The van der Waals surface area contributed by atoms with Crippen molar-refractivity contribution in [3.8, 4) is 0 Å². The third-order valence-corrected chi connectivity index (χ3v) is 6.60. The van der Waals surface area contributed by atoms with Crippen molar-refractivity contribution in [3.05, 3.63) is 48.3 Å². The summed E-state index contributed by atoms with van der Waals surface area (Å²) in [5.74, 6) is 1.41. The van der Waals surface area contributed by atoms with Crippen molar-refractivity contribution in [3.63, 3.8) is 0 Å². The smallest absolute Gasteiger partial charge is 0.221 e. The van der Waals surface area contributed by atoms with Gasteiger partial charge in [0.15, 0.2) is 0 Å². The standard InChI is InChI=1S/C24H30N4O3S.C2H6/c1-16(29)25-18-5-8-20(9-6-18)32(30)27-19-7-10-22-21(13-19)26-23(24(2,3)4)28(22)14-17-11-12-31-15-17;1-2/h5-10,13,17,27H,11-12,14-15H2,1-4H3,(H,25,29);1-2H3. The van der Waals surface area contributed by atoms with Crippen molar-refractivity contribution in [2.45, 2.75) is 64.8 Å². The minimum absolute atomic E-state index is 0.0927. The van der Waals surface area contributed by atoms with E-state index >= 15 is 0 Å². The highest BCUT2D eigenvalue weighted by molar-refractivity contribution is 7.86. The average molecular weight is 485 g/mol. The van der Waals surface area contributed by atoms with Gasteiger partial charge in [-0.25, -0.2) is 9.19 Å². The molecule has 4 rings (SSSR count). The van der Waals surface area contributed by atoms with E-state index in [1.165, 1.54) is 6.92 Å². The number of imidazole rings is 1. The van der Waals surface area contributed by atoms with Crippen molar-refractivity contribution in [1.29, 1.82) is 0 Å². The van der Waals surface area contributed by atoms with E-state index in [4.69, 9.17) is 9.72 Å². The van der Waals surface area contributed by atoms with Crippen LogP contribution in [-0.4, -0.2) is 32.9 Å². The molecule has 1 aliphatic heterocycles. The zero-order valence-electron chi connectivity index (χ0n) is 21.0. The van der Waals surface area contributed by atoms with Crippen LogP contribution in [-0.2, 0) is 32.5 Å². The van der Waals surface area contributed by atoms with E-state index in [0.717, 1.165) is 48.7 Å². The Balaban J connectivity index is 0.00000158.